The van der Waals surface area contributed by atoms with Gasteiger partial charge in [0.25, 0.3) is 0 Å². The van der Waals surface area contributed by atoms with E-state index >= 15 is 0 Å². The molecule has 2 aliphatic rings. The van der Waals surface area contributed by atoms with E-state index in [1.165, 1.54) is 57.9 Å². The average Bonchev–Trinajstić information content (AvgIpc) is 3.11. The van der Waals surface area contributed by atoms with Crippen LogP contribution in [0.3, 0.4) is 0 Å². The van der Waals surface area contributed by atoms with Gasteiger partial charge in [-0.25, -0.2) is 4.68 Å². The lowest BCUT2D eigenvalue weighted by atomic mass is 10.0. The number of hydrogen-bond donors (Lipinski definition) is 0. The first-order valence-electron chi connectivity index (χ1n) is 7.95. The molecule has 1 saturated carbocycles. The molecular formula is C14H25N5S. The van der Waals surface area contributed by atoms with Crippen LogP contribution in [0.25, 0.3) is 0 Å². The van der Waals surface area contributed by atoms with E-state index < -0.39 is 0 Å². The molecule has 112 valence electrons. The fourth-order valence-corrected chi connectivity index (χ4v) is 4.44. The smallest absolute Gasteiger partial charge is 0.209 e. The molecule has 0 N–H and O–H groups in total. The van der Waals surface area contributed by atoms with Gasteiger partial charge >= 0.3 is 0 Å². The first-order valence-corrected chi connectivity index (χ1v) is 8.94. The van der Waals surface area contributed by atoms with Crippen molar-refractivity contribution in [3.05, 3.63) is 0 Å². The molecule has 0 aromatic carbocycles. The molecule has 0 radical (unpaired) electrons. The molecular weight excluding hydrogens is 270 g/mol. The zero-order valence-corrected chi connectivity index (χ0v) is 13.2. The molecule has 1 unspecified atom stereocenters. The van der Waals surface area contributed by atoms with Crippen molar-refractivity contribution in [1.82, 2.24) is 25.1 Å². The number of hydrogen-bond acceptors (Lipinski definition) is 5. The van der Waals surface area contributed by atoms with E-state index in [0.717, 1.165) is 17.0 Å². The second-order valence-electron chi connectivity index (χ2n) is 6.11. The van der Waals surface area contributed by atoms with Gasteiger partial charge in [-0.1, -0.05) is 31.0 Å². The van der Waals surface area contributed by atoms with E-state index in [1.54, 1.807) is 0 Å². The minimum absolute atomic E-state index is 0.546. The summed E-state index contributed by atoms with van der Waals surface area (Å²) in [5.74, 6) is 1.13. The van der Waals surface area contributed by atoms with E-state index in [-0.39, 0.29) is 0 Å². The summed E-state index contributed by atoms with van der Waals surface area (Å²) in [5.41, 5.74) is 0. The molecule has 1 aliphatic carbocycles. The standard InChI is InChI=1S/C14H25N5S/c1-18-10-5-4-6-12(18)9-11-20-14-15-16-17-19(14)13-7-2-3-8-13/h12-13H,2-11H2,1H3. The highest BCUT2D eigenvalue weighted by Gasteiger charge is 2.22. The molecule has 1 atom stereocenters. The van der Waals surface area contributed by atoms with Gasteiger partial charge < -0.3 is 4.90 Å². The zero-order chi connectivity index (χ0) is 13.8. The Kier molecular flexibility index (Phi) is 4.94. The van der Waals surface area contributed by atoms with E-state index in [4.69, 9.17) is 0 Å². The Labute approximate surface area is 125 Å². The predicted octanol–water partition coefficient (Wildman–Crippen LogP) is 2.75. The highest BCUT2D eigenvalue weighted by Crippen LogP contribution is 2.31. The Morgan fingerprint density at radius 2 is 1.95 bits per heavy atom. The second-order valence-corrected chi connectivity index (χ2v) is 7.17. The number of rotatable bonds is 5. The highest BCUT2D eigenvalue weighted by molar-refractivity contribution is 7.99. The van der Waals surface area contributed by atoms with Crippen LogP contribution < -0.4 is 0 Å². The van der Waals surface area contributed by atoms with E-state index in [1.807, 2.05) is 11.8 Å². The number of tetrazole rings is 1. The molecule has 1 aromatic rings. The van der Waals surface area contributed by atoms with Crippen molar-refractivity contribution in [3.8, 4) is 0 Å². The van der Waals surface area contributed by atoms with Crippen LogP contribution in [0.2, 0.25) is 0 Å². The third-order valence-electron chi connectivity index (χ3n) is 4.74. The number of nitrogens with zero attached hydrogens (tertiary/aromatic N) is 5. The van der Waals surface area contributed by atoms with Gasteiger partial charge in [0.05, 0.1) is 6.04 Å². The quantitative estimate of drug-likeness (QED) is 0.782. The summed E-state index contributed by atoms with van der Waals surface area (Å²) >= 11 is 1.84. The van der Waals surface area contributed by atoms with Crippen molar-refractivity contribution in [2.75, 3.05) is 19.3 Å². The second kappa shape index (κ2) is 6.89. The molecule has 0 amide bonds. The number of aromatic nitrogens is 4. The lowest BCUT2D eigenvalue weighted by Gasteiger charge is -2.32. The summed E-state index contributed by atoms with van der Waals surface area (Å²) in [6, 6.07) is 1.30. The molecule has 1 aliphatic heterocycles. The van der Waals surface area contributed by atoms with Gasteiger partial charge in [0.2, 0.25) is 5.16 Å². The minimum Gasteiger partial charge on any atom is -0.303 e. The Morgan fingerprint density at radius 3 is 2.75 bits per heavy atom. The van der Waals surface area contributed by atoms with Gasteiger partial charge in [0.1, 0.15) is 0 Å². The molecule has 0 bridgehead atoms. The molecule has 1 aromatic heterocycles. The molecule has 20 heavy (non-hydrogen) atoms. The summed E-state index contributed by atoms with van der Waals surface area (Å²) in [6.45, 7) is 1.26. The van der Waals surface area contributed by atoms with Crippen LogP contribution in [0.1, 0.15) is 57.4 Å². The van der Waals surface area contributed by atoms with Crippen molar-refractivity contribution in [1.29, 1.82) is 0 Å². The Bertz CT molecular complexity index is 415. The monoisotopic (exact) mass is 295 g/mol. The summed E-state index contributed by atoms with van der Waals surface area (Å²) in [6.07, 6.45) is 10.5. The van der Waals surface area contributed by atoms with Crippen LogP contribution in [0.15, 0.2) is 5.16 Å². The summed E-state index contributed by atoms with van der Waals surface area (Å²) in [5, 5.41) is 13.3. The molecule has 2 heterocycles. The summed E-state index contributed by atoms with van der Waals surface area (Å²) < 4.78 is 2.07. The van der Waals surface area contributed by atoms with E-state index in [0.29, 0.717) is 6.04 Å². The van der Waals surface area contributed by atoms with E-state index in [2.05, 4.69) is 32.2 Å². The summed E-state index contributed by atoms with van der Waals surface area (Å²) in [7, 11) is 2.26. The average molecular weight is 295 g/mol. The third kappa shape index (κ3) is 3.34. The molecule has 5 nitrogen and oxygen atoms in total. The molecule has 3 rings (SSSR count). The van der Waals surface area contributed by atoms with Crippen LogP contribution in [-0.2, 0) is 0 Å². The van der Waals surface area contributed by atoms with Crippen LogP contribution in [0.5, 0.6) is 0 Å². The number of piperidine rings is 1. The fraction of sp³-hybridized carbons (Fsp3) is 0.929. The normalized spacial score (nSPS) is 25.4. The molecule has 6 heteroatoms. The summed E-state index contributed by atoms with van der Waals surface area (Å²) in [4.78, 5) is 2.52. The van der Waals surface area contributed by atoms with Crippen LogP contribution in [0.4, 0.5) is 0 Å². The lowest BCUT2D eigenvalue weighted by Crippen LogP contribution is -2.36. The van der Waals surface area contributed by atoms with Gasteiger partial charge in [0, 0.05) is 11.8 Å². The van der Waals surface area contributed by atoms with Gasteiger partial charge in [0.15, 0.2) is 0 Å². The maximum atomic E-state index is 4.21. The van der Waals surface area contributed by atoms with E-state index in [9.17, 15) is 0 Å². The zero-order valence-electron chi connectivity index (χ0n) is 12.4. The minimum atomic E-state index is 0.546. The van der Waals surface area contributed by atoms with Crippen LogP contribution in [0, 0.1) is 0 Å². The number of thioether (sulfide) groups is 1. The Hall–Kier alpha value is -0.620. The lowest BCUT2D eigenvalue weighted by molar-refractivity contribution is 0.182. The maximum Gasteiger partial charge on any atom is 0.209 e. The first kappa shape index (κ1) is 14.3. The van der Waals surface area contributed by atoms with Crippen LogP contribution in [-0.4, -0.2) is 50.5 Å². The van der Waals surface area contributed by atoms with Crippen molar-refractivity contribution in [2.45, 2.75) is 68.6 Å². The van der Waals surface area contributed by atoms with Gasteiger partial charge in [-0.3, -0.25) is 0 Å². The molecule has 0 spiro atoms. The van der Waals surface area contributed by atoms with Crippen molar-refractivity contribution in [3.63, 3.8) is 0 Å². The molecule has 2 fully saturated rings. The maximum absolute atomic E-state index is 4.21. The van der Waals surface area contributed by atoms with Gasteiger partial charge in [-0.2, -0.15) is 0 Å². The van der Waals surface area contributed by atoms with Crippen molar-refractivity contribution >= 4 is 11.8 Å². The van der Waals surface area contributed by atoms with Crippen molar-refractivity contribution in [2.24, 2.45) is 0 Å². The van der Waals surface area contributed by atoms with Gasteiger partial charge in [-0.05, 0) is 56.1 Å². The number of likely N-dealkylation sites (tertiary alicyclic amines) is 1. The Morgan fingerprint density at radius 1 is 1.15 bits per heavy atom. The topological polar surface area (TPSA) is 46.8 Å². The predicted molar refractivity (Wildman–Crippen MR) is 80.9 cm³/mol. The fourth-order valence-electron chi connectivity index (χ4n) is 3.45. The first-order chi connectivity index (χ1) is 9.84. The SMILES string of the molecule is CN1CCCCC1CCSc1nnnn1C1CCCC1. The van der Waals surface area contributed by atoms with Crippen molar-refractivity contribution < 1.29 is 0 Å². The molecule has 1 saturated heterocycles. The Balaban J connectivity index is 1.49. The van der Waals surface area contributed by atoms with Gasteiger partial charge in [-0.15, -0.1) is 5.10 Å². The largest absolute Gasteiger partial charge is 0.303 e. The highest BCUT2D eigenvalue weighted by atomic mass is 32.2. The third-order valence-corrected chi connectivity index (χ3v) is 5.70. The van der Waals surface area contributed by atoms with Crippen LogP contribution >= 0.6 is 11.8 Å².